The van der Waals surface area contributed by atoms with Crippen LogP contribution in [-0.2, 0) is 0 Å². The van der Waals surface area contributed by atoms with Gasteiger partial charge in [0.15, 0.2) is 0 Å². The summed E-state index contributed by atoms with van der Waals surface area (Å²) in [5, 5.41) is 0. The Labute approximate surface area is 128 Å². The van der Waals surface area contributed by atoms with Gasteiger partial charge in [-0.3, -0.25) is 4.98 Å². The minimum absolute atomic E-state index is 0.726. The lowest BCUT2D eigenvalue weighted by molar-refractivity contribution is 0.471. The molecule has 0 saturated heterocycles. The Balaban J connectivity index is 1.69. The maximum absolute atomic E-state index is 4.53. The molecule has 0 amide bonds. The number of aromatic nitrogens is 1. The largest absolute Gasteiger partial charge is 0.255 e. The Hall–Kier alpha value is -1.15. The van der Waals surface area contributed by atoms with Crippen molar-refractivity contribution in [1.82, 2.24) is 4.98 Å². The van der Waals surface area contributed by atoms with Crippen LogP contribution in [0.25, 0.3) is 5.57 Å². The van der Waals surface area contributed by atoms with E-state index in [0.717, 1.165) is 34.3 Å². The van der Waals surface area contributed by atoms with Crippen LogP contribution in [0.4, 0.5) is 0 Å². The number of hydrogen-bond donors (Lipinski definition) is 0. The van der Waals surface area contributed by atoms with Crippen LogP contribution in [0.5, 0.6) is 0 Å². The van der Waals surface area contributed by atoms with Gasteiger partial charge in [-0.15, -0.1) is 0 Å². The van der Waals surface area contributed by atoms with Crippen LogP contribution in [0.15, 0.2) is 52.7 Å². The first-order chi connectivity index (χ1) is 9.81. The number of hydrogen-bond acceptors (Lipinski definition) is 1. The van der Waals surface area contributed by atoms with Crippen molar-refractivity contribution >= 4 is 21.5 Å². The molecule has 102 valence electrons. The maximum Gasteiger partial charge on any atom is 0.0665 e. The molecule has 0 spiro atoms. The van der Waals surface area contributed by atoms with Gasteiger partial charge in [0.2, 0.25) is 0 Å². The zero-order valence-corrected chi connectivity index (χ0v) is 13.0. The fraction of sp³-hybridized carbons (Fsp3) is 0.389. The summed E-state index contributed by atoms with van der Waals surface area (Å²) in [6.45, 7) is 0. The Kier molecular flexibility index (Phi) is 3.14. The van der Waals surface area contributed by atoms with Crippen LogP contribution < -0.4 is 0 Å². The molecule has 1 heterocycles. The maximum atomic E-state index is 4.53. The van der Waals surface area contributed by atoms with Crippen LogP contribution in [0.1, 0.15) is 31.4 Å². The van der Waals surface area contributed by atoms with Gasteiger partial charge in [-0.1, -0.05) is 29.9 Å². The summed E-state index contributed by atoms with van der Waals surface area (Å²) in [6, 6.07) is 4.17. The highest BCUT2D eigenvalue weighted by Crippen LogP contribution is 2.53. The molecule has 4 rings (SSSR count). The van der Waals surface area contributed by atoms with Gasteiger partial charge in [0, 0.05) is 16.6 Å². The van der Waals surface area contributed by atoms with E-state index in [4.69, 9.17) is 0 Å². The smallest absolute Gasteiger partial charge is 0.0665 e. The van der Waals surface area contributed by atoms with Crippen molar-refractivity contribution in [2.24, 2.45) is 17.8 Å². The Morgan fingerprint density at radius 3 is 2.95 bits per heavy atom. The summed E-state index contributed by atoms with van der Waals surface area (Å²) in [4.78, 5) is 4.53. The Morgan fingerprint density at radius 2 is 2.10 bits per heavy atom. The fourth-order valence-corrected chi connectivity index (χ4v) is 4.30. The lowest BCUT2D eigenvalue weighted by atomic mass is 9.82. The summed E-state index contributed by atoms with van der Waals surface area (Å²) in [5.41, 5.74) is 4.09. The van der Waals surface area contributed by atoms with Gasteiger partial charge in [-0.25, -0.2) is 0 Å². The minimum Gasteiger partial charge on any atom is -0.255 e. The molecule has 1 aromatic rings. The van der Waals surface area contributed by atoms with Crippen LogP contribution >= 0.6 is 15.9 Å². The zero-order valence-electron chi connectivity index (χ0n) is 11.4. The molecule has 1 aromatic heterocycles. The highest BCUT2D eigenvalue weighted by atomic mass is 79.9. The first-order valence-corrected chi connectivity index (χ1v) is 8.30. The quantitative estimate of drug-likeness (QED) is 0.649. The molecule has 3 aliphatic rings. The lowest BCUT2D eigenvalue weighted by Gasteiger charge is -2.23. The zero-order chi connectivity index (χ0) is 13.5. The van der Waals surface area contributed by atoms with Gasteiger partial charge >= 0.3 is 0 Å². The number of allylic oxidation sites excluding steroid dienone is 6. The highest BCUT2D eigenvalue weighted by molar-refractivity contribution is 9.10. The predicted molar refractivity (Wildman–Crippen MR) is 86.1 cm³/mol. The molecule has 20 heavy (non-hydrogen) atoms. The minimum atomic E-state index is 0.726. The normalized spacial score (nSPS) is 36.5. The summed E-state index contributed by atoms with van der Waals surface area (Å²) in [6.07, 6.45) is 16.6. The molecule has 2 saturated carbocycles. The average molecular weight is 328 g/mol. The van der Waals surface area contributed by atoms with Crippen molar-refractivity contribution in [3.8, 4) is 0 Å². The molecule has 0 aliphatic heterocycles. The molecule has 2 bridgehead atoms. The van der Waals surface area contributed by atoms with E-state index in [-0.39, 0.29) is 0 Å². The van der Waals surface area contributed by atoms with E-state index in [9.17, 15) is 0 Å². The van der Waals surface area contributed by atoms with Gasteiger partial charge in [0.1, 0.15) is 0 Å². The Bertz CT molecular complexity index is 609. The third-order valence-electron chi connectivity index (χ3n) is 5.05. The number of nitrogens with zero attached hydrogens (tertiary/aromatic N) is 1. The van der Waals surface area contributed by atoms with Gasteiger partial charge in [-0.2, -0.15) is 0 Å². The second kappa shape index (κ2) is 5.00. The molecule has 0 N–H and O–H groups in total. The molecule has 3 unspecified atom stereocenters. The van der Waals surface area contributed by atoms with Crippen molar-refractivity contribution in [1.29, 1.82) is 0 Å². The highest BCUT2D eigenvalue weighted by Gasteiger charge is 2.41. The van der Waals surface area contributed by atoms with Crippen molar-refractivity contribution in [2.45, 2.75) is 25.7 Å². The van der Waals surface area contributed by atoms with Crippen LogP contribution in [0.2, 0.25) is 0 Å². The van der Waals surface area contributed by atoms with Crippen LogP contribution in [0.3, 0.4) is 0 Å². The predicted octanol–water partition coefficient (Wildman–Crippen LogP) is 5.16. The molecule has 2 heteroatoms. The van der Waals surface area contributed by atoms with Crippen molar-refractivity contribution in [3.63, 3.8) is 0 Å². The molecular weight excluding hydrogens is 310 g/mol. The monoisotopic (exact) mass is 327 g/mol. The summed E-state index contributed by atoms with van der Waals surface area (Å²) in [5.74, 6) is 2.50. The molecule has 0 radical (unpaired) electrons. The number of rotatable bonds is 1. The lowest BCUT2D eigenvalue weighted by Crippen LogP contribution is -2.11. The topological polar surface area (TPSA) is 12.9 Å². The van der Waals surface area contributed by atoms with Crippen LogP contribution in [0, 0.1) is 17.8 Å². The van der Waals surface area contributed by atoms with Crippen molar-refractivity contribution < 1.29 is 0 Å². The van der Waals surface area contributed by atoms with Gasteiger partial charge in [0.25, 0.3) is 0 Å². The van der Waals surface area contributed by atoms with E-state index in [0.29, 0.717) is 0 Å². The van der Waals surface area contributed by atoms with E-state index in [2.05, 4.69) is 57.4 Å². The first-order valence-electron chi connectivity index (χ1n) is 7.50. The Morgan fingerprint density at radius 1 is 1.15 bits per heavy atom. The molecular formula is C18H18BrN. The fourth-order valence-electron chi connectivity index (χ4n) is 4.07. The summed E-state index contributed by atoms with van der Waals surface area (Å²) in [7, 11) is 0. The standard InChI is InChI=1S/C18H18BrN/c19-15-7-9-18(20-11-15)12-2-1-3-16-13-4-5-14(10-13)17(16)8-6-12/h1,3,6-9,11,13-14,16H,2,4-5,10H2/b3-1?,12-6+,17-8-. The first kappa shape index (κ1) is 12.6. The summed E-state index contributed by atoms with van der Waals surface area (Å²) >= 11 is 3.45. The molecule has 3 aliphatic carbocycles. The average Bonchev–Trinajstić information content (AvgIpc) is 3.00. The molecule has 3 atom stereocenters. The third kappa shape index (κ3) is 2.10. The van der Waals surface area contributed by atoms with Gasteiger partial charge in [0.05, 0.1) is 5.69 Å². The molecule has 2 fully saturated rings. The van der Waals surface area contributed by atoms with E-state index >= 15 is 0 Å². The van der Waals surface area contributed by atoms with E-state index in [1.165, 1.54) is 24.8 Å². The molecule has 1 nitrogen and oxygen atoms in total. The van der Waals surface area contributed by atoms with E-state index in [1.807, 2.05) is 6.20 Å². The summed E-state index contributed by atoms with van der Waals surface area (Å²) < 4.78 is 1.04. The third-order valence-corrected chi connectivity index (χ3v) is 5.52. The van der Waals surface area contributed by atoms with Crippen molar-refractivity contribution in [3.05, 3.63) is 58.4 Å². The van der Waals surface area contributed by atoms with E-state index in [1.54, 1.807) is 5.57 Å². The van der Waals surface area contributed by atoms with Crippen LogP contribution in [-0.4, -0.2) is 4.98 Å². The number of pyridine rings is 1. The van der Waals surface area contributed by atoms with Gasteiger partial charge in [-0.05, 0) is 71.2 Å². The van der Waals surface area contributed by atoms with Crippen molar-refractivity contribution in [2.75, 3.05) is 0 Å². The SMILES string of the molecule is Brc1ccc(/C2=C/C=C3/C4CCC(C4)C3C=CC2)nc1. The molecule has 0 aromatic carbocycles. The number of halogens is 1. The second-order valence-corrected chi connectivity index (χ2v) is 7.06. The van der Waals surface area contributed by atoms with E-state index < -0.39 is 0 Å². The number of fused-ring (bicyclic) bond motifs is 5. The van der Waals surface area contributed by atoms with Gasteiger partial charge < -0.3 is 0 Å². The second-order valence-electron chi connectivity index (χ2n) is 6.15.